The Bertz CT molecular complexity index is 479. The standard InChI is InChI=1S/C12H14ClN3/c1-9(10-4-3-5-11(13)8-10)15-12-14-6-7-16(12)2/h3-9H,1-2H3,(H,14,15). The van der Waals surface area contributed by atoms with Crippen molar-refractivity contribution in [1.82, 2.24) is 9.55 Å². The summed E-state index contributed by atoms with van der Waals surface area (Å²) in [6.07, 6.45) is 3.68. The van der Waals surface area contributed by atoms with Crippen LogP contribution in [-0.2, 0) is 7.05 Å². The average molecular weight is 236 g/mol. The van der Waals surface area contributed by atoms with Gasteiger partial charge in [-0.3, -0.25) is 0 Å². The lowest BCUT2D eigenvalue weighted by atomic mass is 10.1. The summed E-state index contributed by atoms with van der Waals surface area (Å²) in [4.78, 5) is 4.22. The van der Waals surface area contributed by atoms with Crippen molar-refractivity contribution in [2.75, 3.05) is 5.32 Å². The SMILES string of the molecule is CC(Nc1nccn1C)c1cccc(Cl)c1. The van der Waals surface area contributed by atoms with Crippen molar-refractivity contribution >= 4 is 17.5 Å². The molecule has 1 unspecified atom stereocenters. The number of aromatic nitrogens is 2. The average Bonchev–Trinajstić information content (AvgIpc) is 2.64. The minimum Gasteiger partial charge on any atom is -0.349 e. The molecule has 16 heavy (non-hydrogen) atoms. The van der Waals surface area contributed by atoms with E-state index in [1.807, 2.05) is 42.1 Å². The van der Waals surface area contributed by atoms with E-state index < -0.39 is 0 Å². The molecule has 0 aliphatic rings. The number of aryl methyl sites for hydroxylation is 1. The predicted octanol–water partition coefficient (Wildman–Crippen LogP) is 3.25. The fraction of sp³-hybridized carbons (Fsp3) is 0.250. The number of imidazole rings is 1. The lowest BCUT2D eigenvalue weighted by Crippen LogP contribution is -2.10. The zero-order chi connectivity index (χ0) is 11.5. The first-order valence-electron chi connectivity index (χ1n) is 5.16. The zero-order valence-electron chi connectivity index (χ0n) is 9.31. The van der Waals surface area contributed by atoms with Crippen LogP contribution < -0.4 is 5.32 Å². The van der Waals surface area contributed by atoms with Gasteiger partial charge in [-0.1, -0.05) is 23.7 Å². The van der Waals surface area contributed by atoms with Gasteiger partial charge in [0.05, 0.1) is 6.04 Å². The summed E-state index contributed by atoms with van der Waals surface area (Å²) in [6.45, 7) is 2.08. The summed E-state index contributed by atoms with van der Waals surface area (Å²) in [5.41, 5.74) is 1.15. The highest BCUT2D eigenvalue weighted by atomic mass is 35.5. The Balaban J connectivity index is 2.14. The smallest absolute Gasteiger partial charge is 0.202 e. The van der Waals surface area contributed by atoms with E-state index in [4.69, 9.17) is 11.6 Å². The van der Waals surface area contributed by atoms with Gasteiger partial charge in [-0.25, -0.2) is 4.98 Å². The van der Waals surface area contributed by atoms with Crippen LogP contribution in [0.1, 0.15) is 18.5 Å². The molecule has 0 spiro atoms. The molecule has 2 aromatic rings. The highest BCUT2D eigenvalue weighted by Crippen LogP contribution is 2.20. The van der Waals surface area contributed by atoms with Crippen LogP contribution in [0.25, 0.3) is 0 Å². The molecule has 0 saturated carbocycles. The molecule has 0 radical (unpaired) electrons. The molecule has 0 aliphatic carbocycles. The summed E-state index contributed by atoms with van der Waals surface area (Å²) < 4.78 is 1.95. The van der Waals surface area contributed by atoms with Gasteiger partial charge in [-0.15, -0.1) is 0 Å². The van der Waals surface area contributed by atoms with E-state index in [9.17, 15) is 0 Å². The first-order valence-corrected chi connectivity index (χ1v) is 5.54. The Morgan fingerprint density at radius 2 is 2.25 bits per heavy atom. The maximum Gasteiger partial charge on any atom is 0.202 e. The van der Waals surface area contributed by atoms with Crippen LogP contribution in [0.4, 0.5) is 5.95 Å². The van der Waals surface area contributed by atoms with E-state index >= 15 is 0 Å². The summed E-state index contributed by atoms with van der Waals surface area (Å²) >= 11 is 5.95. The molecule has 3 nitrogen and oxygen atoms in total. The lowest BCUT2D eigenvalue weighted by Gasteiger charge is -2.15. The molecule has 4 heteroatoms. The number of rotatable bonds is 3. The molecule has 0 aliphatic heterocycles. The van der Waals surface area contributed by atoms with Crippen LogP contribution in [0.5, 0.6) is 0 Å². The number of anilines is 1. The van der Waals surface area contributed by atoms with E-state index in [1.165, 1.54) is 0 Å². The number of nitrogens with zero attached hydrogens (tertiary/aromatic N) is 2. The Morgan fingerprint density at radius 3 is 2.88 bits per heavy atom. The van der Waals surface area contributed by atoms with Crippen molar-refractivity contribution in [3.05, 3.63) is 47.2 Å². The molecule has 1 heterocycles. The Hall–Kier alpha value is -1.48. The lowest BCUT2D eigenvalue weighted by molar-refractivity contribution is 0.823. The second kappa shape index (κ2) is 4.58. The number of benzene rings is 1. The second-order valence-corrected chi connectivity index (χ2v) is 4.22. The van der Waals surface area contributed by atoms with E-state index in [0.717, 1.165) is 16.5 Å². The zero-order valence-corrected chi connectivity index (χ0v) is 10.1. The van der Waals surface area contributed by atoms with Gasteiger partial charge >= 0.3 is 0 Å². The van der Waals surface area contributed by atoms with Crippen LogP contribution in [0.2, 0.25) is 5.02 Å². The Labute approximate surface area is 100 Å². The highest BCUT2D eigenvalue weighted by Gasteiger charge is 2.07. The van der Waals surface area contributed by atoms with Crippen LogP contribution in [0, 0.1) is 0 Å². The molecule has 0 bridgehead atoms. The molecule has 1 atom stereocenters. The van der Waals surface area contributed by atoms with Crippen LogP contribution in [-0.4, -0.2) is 9.55 Å². The van der Waals surface area contributed by atoms with Crippen LogP contribution in [0.3, 0.4) is 0 Å². The van der Waals surface area contributed by atoms with Gasteiger partial charge in [0.15, 0.2) is 0 Å². The van der Waals surface area contributed by atoms with Crippen LogP contribution >= 0.6 is 11.6 Å². The topological polar surface area (TPSA) is 29.9 Å². The van der Waals surface area contributed by atoms with Crippen molar-refractivity contribution in [2.24, 2.45) is 7.05 Å². The fourth-order valence-electron chi connectivity index (χ4n) is 1.56. The predicted molar refractivity (Wildman–Crippen MR) is 66.7 cm³/mol. The van der Waals surface area contributed by atoms with Gasteiger partial charge in [-0.2, -0.15) is 0 Å². The second-order valence-electron chi connectivity index (χ2n) is 3.78. The maximum atomic E-state index is 5.95. The van der Waals surface area contributed by atoms with Gasteiger partial charge in [0, 0.05) is 24.5 Å². The van der Waals surface area contributed by atoms with E-state index in [-0.39, 0.29) is 6.04 Å². The summed E-state index contributed by atoms with van der Waals surface area (Å²) in [5, 5.41) is 4.08. The van der Waals surface area contributed by atoms with Crippen molar-refractivity contribution in [1.29, 1.82) is 0 Å². The minimum atomic E-state index is 0.180. The summed E-state index contributed by atoms with van der Waals surface area (Å²) in [6, 6.07) is 8.02. The number of hydrogen-bond donors (Lipinski definition) is 1. The third-order valence-corrected chi connectivity index (χ3v) is 2.75. The Morgan fingerprint density at radius 1 is 1.44 bits per heavy atom. The third kappa shape index (κ3) is 2.36. The van der Waals surface area contributed by atoms with Crippen molar-refractivity contribution in [3.63, 3.8) is 0 Å². The third-order valence-electron chi connectivity index (χ3n) is 2.52. The molecule has 1 aromatic carbocycles. The maximum absolute atomic E-state index is 5.95. The fourth-order valence-corrected chi connectivity index (χ4v) is 1.76. The first kappa shape index (κ1) is 11.0. The molecule has 0 fully saturated rings. The number of nitrogens with one attached hydrogen (secondary N) is 1. The normalized spacial score (nSPS) is 12.4. The monoisotopic (exact) mass is 235 g/mol. The first-order chi connectivity index (χ1) is 7.66. The van der Waals surface area contributed by atoms with Gasteiger partial charge < -0.3 is 9.88 Å². The molecule has 2 rings (SSSR count). The number of hydrogen-bond acceptors (Lipinski definition) is 2. The minimum absolute atomic E-state index is 0.180. The molecular formula is C12H14ClN3. The van der Waals surface area contributed by atoms with Gasteiger partial charge in [0.2, 0.25) is 5.95 Å². The van der Waals surface area contributed by atoms with Crippen LogP contribution in [0.15, 0.2) is 36.7 Å². The van der Waals surface area contributed by atoms with Gasteiger partial charge in [-0.05, 0) is 24.6 Å². The summed E-state index contributed by atoms with van der Waals surface area (Å²) in [7, 11) is 1.96. The molecule has 84 valence electrons. The molecule has 1 aromatic heterocycles. The molecule has 0 saturated heterocycles. The Kier molecular flexibility index (Phi) is 3.15. The summed E-state index contributed by atoms with van der Waals surface area (Å²) in [5.74, 6) is 0.854. The van der Waals surface area contributed by atoms with E-state index in [2.05, 4.69) is 17.2 Å². The molecular weight excluding hydrogens is 222 g/mol. The largest absolute Gasteiger partial charge is 0.349 e. The van der Waals surface area contributed by atoms with E-state index in [1.54, 1.807) is 6.20 Å². The quantitative estimate of drug-likeness (QED) is 0.885. The molecule has 0 amide bonds. The highest BCUT2D eigenvalue weighted by molar-refractivity contribution is 6.30. The van der Waals surface area contributed by atoms with Gasteiger partial charge in [0.25, 0.3) is 0 Å². The molecule has 1 N–H and O–H groups in total. The van der Waals surface area contributed by atoms with Crippen molar-refractivity contribution < 1.29 is 0 Å². The van der Waals surface area contributed by atoms with Crippen molar-refractivity contribution in [2.45, 2.75) is 13.0 Å². The van der Waals surface area contributed by atoms with E-state index in [0.29, 0.717) is 0 Å². The van der Waals surface area contributed by atoms with Crippen molar-refractivity contribution in [3.8, 4) is 0 Å². The van der Waals surface area contributed by atoms with Gasteiger partial charge in [0.1, 0.15) is 0 Å². The number of halogens is 1.